The van der Waals surface area contributed by atoms with Crippen LogP contribution in [0.25, 0.3) is 0 Å². The van der Waals surface area contributed by atoms with Crippen LogP contribution in [0.5, 0.6) is 0 Å². The van der Waals surface area contributed by atoms with Crippen LogP contribution >= 0.6 is 15.9 Å². The Hall–Kier alpha value is -1.47. The molecule has 1 atom stereocenters. The van der Waals surface area contributed by atoms with Gasteiger partial charge in [0.1, 0.15) is 5.82 Å². The van der Waals surface area contributed by atoms with E-state index < -0.39 is 29.2 Å². The fourth-order valence-corrected chi connectivity index (χ4v) is 2.10. The van der Waals surface area contributed by atoms with E-state index in [1.165, 1.54) is 6.20 Å². The highest BCUT2D eigenvalue weighted by atomic mass is 79.9. The molecule has 0 aliphatic rings. The summed E-state index contributed by atoms with van der Waals surface area (Å²) in [5.74, 6) is -1.45. The van der Waals surface area contributed by atoms with Gasteiger partial charge in [-0.1, -0.05) is 12.1 Å². The van der Waals surface area contributed by atoms with Crippen LogP contribution in [0.1, 0.15) is 22.9 Å². The monoisotopic (exact) mass is 363 g/mol. The molecule has 0 bridgehead atoms. The molecule has 1 unspecified atom stereocenters. The first-order valence-electron chi connectivity index (χ1n) is 5.93. The molecule has 1 aromatic carbocycles. The first-order valence-corrected chi connectivity index (χ1v) is 6.72. The highest BCUT2D eigenvalue weighted by Crippen LogP contribution is 2.34. The Morgan fingerprint density at radius 2 is 1.90 bits per heavy atom. The summed E-state index contributed by atoms with van der Waals surface area (Å²) >= 11 is 3.19. The van der Waals surface area contributed by atoms with E-state index in [2.05, 4.69) is 20.9 Å². The average Bonchev–Trinajstić information content (AvgIpc) is 2.40. The molecule has 0 aliphatic heterocycles. The lowest BCUT2D eigenvalue weighted by Crippen LogP contribution is -2.13. The minimum absolute atomic E-state index is 0.0779. The third-order valence-electron chi connectivity index (χ3n) is 2.88. The topological polar surface area (TPSA) is 33.1 Å². The van der Waals surface area contributed by atoms with Gasteiger partial charge in [-0.2, -0.15) is 13.2 Å². The zero-order valence-electron chi connectivity index (χ0n) is 10.5. The van der Waals surface area contributed by atoms with Gasteiger partial charge in [-0.25, -0.2) is 4.39 Å². The number of pyridine rings is 1. The van der Waals surface area contributed by atoms with Crippen molar-refractivity contribution in [3.8, 4) is 0 Å². The van der Waals surface area contributed by atoms with Gasteiger partial charge in [0.25, 0.3) is 0 Å². The fourth-order valence-electron chi connectivity index (χ4n) is 1.86. The number of aliphatic hydroxyl groups excluding tert-OH is 1. The maximum Gasteiger partial charge on any atom is 0.419 e. The molecule has 0 spiro atoms. The molecule has 0 aliphatic carbocycles. The quantitative estimate of drug-likeness (QED) is 0.825. The highest BCUT2D eigenvalue weighted by Gasteiger charge is 2.35. The van der Waals surface area contributed by atoms with Crippen molar-refractivity contribution >= 4 is 15.9 Å². The first-order chi connectivity index (χ1) is 9.79. The summed E-state index contributed by atoms with van der Waals surface area (Å²) < 4.78 is 52.5. The second-order valence-corrected chi connectivity index (χ2v) is 5.31. The Morgan fingerprint density at radius 3 is 2.48 bits per heavy atom. The van der Waals surface area contributed by atoms with E-state index in [1.54, 1.807) is 12.1 Å². The second-order valence-electron chi connectivity index (χ2n) is 4.39. The van der Waals surface area contributed by atoms with Gasteiger partial charge in [-0.3, -0.25) is 4.98 Å². The van der Waals surface area contributed by atoms with Crippen LogP contribution in [0.2, 0.25) is 0 Å². The summed E-state index contributed by atoms with van der Waals surface area (Å²) in [5, 5.41) is 9.96. The van der Waals surface area contributed by atoms with Gasteiger partial charge in [-0.05, 0) is 34.1 Å². The summed E-state index contributed by atoms with van der Waals surface area (Å²) in [6, 6.07) is 6.12. The van der Waals surface area contributed by atoms with Crippen LogP contribution in [0, 0.1) is 5.82 Å². The molecule has 112 valence electrons. The smallest absolute Gasteiger partial charge is 0.388 e. The van der Waals surface area contributed by atoms with Gasteiger partial charge in [0.05, 0.1) is 11.7 Å². The molecule has 1 aromatic heterocycles. The third kappa shape index (κ3) is 3.79. The summed E-state index contributed by atoms with van der Waals surface area (Å²) in [6.45, 7) is 0. The SMILES string of the molecule is OC(Cc1ccc(Br)cn1)c1cccc(C(F)(F)F)c1F. The van der Waals surface area contributed by atoms with Gasteiger partial charge in [-0.15, -0.1) is 0 Å². The van der Waals surface area contributed by atoms with Gasteiger partial charge < -0.3 is 5.11 Å². The van der Waals surface area contributed by atoms with E-state index in [0.717, 1.165) is 16.6 Å². The summed E-state index contributed by atoms with van der Waals surface area (Å²) in [7, 11) is 0. The number of alkyl halides is 3. The van der Waals surface area contributed by atoms with Crippen LogP contribution in [0.4, 0.5) is 17.6 Å². The molecule has 21 heavy (non-hydrogen) atoms. The summed E-state index contributed by atoms with van der Waals surface area (Å²) in [5.41, 5.74) is -1.33. The van der Waals surface area contributed by atoms with E-state index in [1.807, 2.05) is 0 Å². The molecule has 2 aromatic rings. The lowest BCUT2D eigenvalue weighted by Gasteiger charge is -2.15. The Balaban J connectivity index is 2.27. The number of hydrogen-bond donors (Lipinski definition) is 1. The molecular weight excluding hydrogens is 354 g/mol. The molecule has 0 radical (unpaired) electrons. The van der Waals surface area contributed by atoms with Gasteiger partial charge in [0, 0.05) is 28.3 Å². The Morgan fingerprint density at radius 1 is 1.19 bits per heavy atom. The molecule has 7 heteroatoms. The normalized spacial score (nSPS) is 13.2. The zero-order valence-corrected chi connectivity index (χ0v) is 12.1. The zero-order chi connectivity index (χ0) is 15.6. The second kappa shape index (κ2) is 6.11. The highest BCUT2D eigenvalue weighted by molar-refractivity contribution is 9.10. The minimum Gasteiger partial charge on any atom is -0.388 e. The predicted octanol–water partition coefficient (Wildman–Crippen LogP) is 4.28. The minimum atomic E-state index is -4.80. The number of benzene rings is 1. The van der Waals surface area contributed by atoms with Crippen LogP contribution in [-0.4, -0.2) is 10.1 Å². The molecule has 0 amide bonds. The molecular formula is C14H10BrF4NO. The number of hydrogen-bond acceptors (Lipinski definition) is 2. The van der Waals surface area contributed by atoms with E-state index in [0.29, 0.717) is 11.8 Å². The van der Waals surface area contributed by atoms with Crippen molar-refractivity contribution in [2.75, 3.05) is 0 Å². The number of halogens is 5. The summed E-state index contributed by atoms with van der Waals surface area (Å²) in [6.07, 6.45) is -4.79. The molecule has 0 saturated heterocycles. The van der Waals surface area contributed by atoms with Crippen LogP contribution in [-0.2, 0) is 12.6 Å². The average molecular weight is 364 g/mol. The lowest BCUT2D eigenvalue weighted by atomic mass is 10.0. The van der Waals surface area contributed by atoms with Crippen molar-refractivity contribution < 1.29 is 22.7 Å². The van der Waals surface area contributed by atoms with Crippen molar-refractivity contribution in [3.63, 3.8) is 0 Å². The Bertz CT molecular complexity index is 628. The fraction of sp³-hybridized carbons (Fsp3) is 0.214. The standard InChI is InChI=1S/C14H10BrF4NO/c15-8-4-5-9(20-7-8)6-12(21)10-2-1-3-11(13(10)16)14(17,18)19/h1-5,7,12,21H,6H2. The third-order valence-corrected chi connectivity index (χ3v) is 3.35. The van der Waals surface area contributed by atoms with Crippen molar-refractivity contribution in [3.05, 3.63) is 63.6 Å². The number of aliphatic hydroxyl groups is 1. The van der Waals surface area contributed by atoms with E-state index >= 15 is 0 Å². The maximum atomic E-state index is 13.9. The number of aromatic nitrogens is 1. The molecule has 1 N–H and O–H groups in total. The van der Waals surface area contributed by atoms with Crippen molar-refractivity contribution in [1.29, 1.82) is 0 Å². The van der Waals surface area contributed by atoms with Crippen LogP contribution < -0.4 is 0 Å². The predicted molar refractivity (Wildman–Crippen MR) is 72.0 cm³/mol. The molecule has 0 fully saturated rings. The first kappa shape index (κ1) is 15.9. The van der Waals surface area contributed by atoms with Crippen LogP contribution in [0.15, 0.2) is 41.0 Å². The maximum absolute atomic E-state index is 13.9. The number of rotatable bonds is 3. The van der Waals surface area contributed by atoms with Crippen molar-refractivity contribution in [2.24, 2.45) is 0 Å². The van der Waals surface area contributed by atoms with Gasteiger partial charge in [0.15, 0.2) is 0 Å². The lowest BCUT2D eigenvalue weighted by molar-refractivity contribution is -0.140. The van der Waals surface area contributed by atoms with E-state index in [-0.39, 0.29) is 6.42 Å². The molecule has 2 rings (SSSR count). The van der Waals surface area contributed by atoms with Crippen molar-refractivity contribution in [2.45, 2.75) is 18.7 Å². The van der Waals surface area contributed by atoms with Crippen LogP contribution in [0.3, 0.4) is 0 Å². The molecule has 1 heterocycles. The van der Waals surface area contributed by atoms with Gasteiger partial charge >= 0.3 is 6.18 Å². The Kier molecular flexibility index (Phi) is 4.63. The molecule has 0 saturated carbocycles. The summed E-state index contributed by atoms with van der Waals surface area (Å²) in [4.78, 5) is 3.99. The molecule has 2 nitrogen and oxygen atoms in total. The van der Waals surface area contributed by atoms with Gasteiger partial charge in [0.2, 0.25) is 0 Å². The number of nitrogens with zero attached hydrogens (tertiary/aromatic N) is 1. The van der Waals surface area contributed by atoms with E-state index in [9.17, 15) is 22.7 Å². The largest absolute Gasteiger partial charge is 0.419 e. The van der Waals surface area contributed by atoms with E-state index in [4.69, 9.17) is 0 Å². The Labute approximate surface area is 126 Å². The van der Waals surface area contributed by atoms with Crippen molar-refractivity contribution in [1.82, 2.24) is 4.98 Å².